The topological polar surface area (TPSA) is 62.5 Å². The number of amides is 1. The van der Waals surface area contributed by atoms with Crippen LogP contribution in [0.3, 0.4) is 0 Å². The first-order valence-corrected chi connectivity index (χ1v) is 6.41. The Balaban J connectivity index is 2.47. The maximum atomic E-state index is 12.9. The number of piperazine rings is 1. The number of rotatable bonds is 1. The molecule has 5 nitrogen and oxygen atoms in total. The Morgan fingerprint density at radius 3 is 2.48 bits per heavy atom. The number of alkyl halides is 3. The van der Waals surface area contributed by atoms with E-state index >= 15 is 0 Å². The molecule has 116 valence electrons. The van der Waals surface area contributed by atoms with Gasteiger partial charge in [-0.1, -0.05) is 0 Å². The van der Waals surface area contributed by atoms with Crippen LogP contribution in [0.15, 0.2) is 12.1 Å². The fourth-order valence-corrected chi connectivity index (χ4v) is 2.45. The van der Waals surface area contributed by atoms with Crippen molar-refractivity contribution in [3.63, 3.8) is 0 Å². The van der Waals surface area contributed by atoms with Crippen LogP contribution >= 0.6 is 0 Å². The molecule has 0 bridgehead atoms. The molecule has 1 saturated heterocycles. The van der Waals surface area contributed by atoms with Crippen LogP contribution in [0, 0.1) is 0 Å². The zero-order valence-corrected chi connectivity index (χ0v) is 12.0. The van der Waals surface area contributed by atoms with Crippen LogP contribution in [-0.2, 0) is 11.0 Å². The summed E-state index contributed by atoms with van der Waals surface area (Å²) >= 11 is 0. The molecule has 0 unspecified atom stereocenters. The van der Waals surface area contributed by atoms with Crippen molar-refractivity contribution >= 4 is 17.5 Å². The van der Waals surface area contributed by atoms with Gasteiger partial charge < -0.3 is 15.5 Å². The van der Waals surface area contributed by atoms with Gasteiger partial charge >= 0.3 is 6.18 Å². The second-order valence-electron chi connectivity index (χ2n) is 5.57. The Labute approximate surface area is 120 Å². The molecule has 0 aromatic carbocycles. The molecule has 21 heavy (non-hydrogen) atoms. The number of hydrogen-bond donors (Lipinski definition) is 1. The number of pyridine rings is 1. The van der Waals surface area contributed by atoms with Crippen LogP contribution < -0.4 is 10.6 Å². The Bertz CT molecular complexity index is 571. The summed E-state index contributed by atoms with van der Waals surface area (Å²) in [6.45, 7) is 4.12. The number of nitrogen functional groups attached to an aromatic ring is 1. The minimum Gasteiger partial charge on any atom is -0.384 e. The molecular formula is C13H17F3N4O. The fraction of sp³-hybridized carbons (Fsp3) is 0.538. The van der Waals surface area contributed by atoms with Crippen molar-refractivity contribution in [1.82, 2.24) is 9.88 Å². The number of anilines is 2. The predicted octanol–water partition coefficient (Wildman–Crippen LogP) is 1.74. The largest absolute Gasteiger partial charge is 0.416 e. The minimum absolute atomic E-state index is 0.0637. The van der Waals surface area contributed by atoms with Crippen molar-refractivity contribution in [2.45, 2.75) is 25.6 Å². The van der Waals surface area contributed by atoms with E-state index in [1.165, 1.54) is 0 Å². The van der Waals surface area contributed by atoms with Crippen molar-refractivity contribution in [2.75, 3.05) is 30.8 Å². The highest BCUT2D eigenvalue weighted by atomic mass is 19.4. The molecule has 1 aliphatic rings. The van der Waals surface area contributed by atoms with E-state index in [2.05, 4.69) is 4.98 Å². The van der Waals surface area contributed by atoms with Gasteiger partial charge in [-0.3, -0.25) is 4.79 Å². The van der Waals surface area contributed by atoms with Crippen molar-refractivity contribution in [3.8, 4) is 0 Å². The molecule has 0 saturated carbocycles. The highest BCUT2D eigenvalue weighted by Gasteiger charge is 2.42. The number of nitrogens with zero attached hydrogens (tertiary/aromatic N) is 3. The summed E-state index contributed by atoms with van der Waals surface area (Å²) in [7, 11) is 1.66. The summed E-state index contributed by atoms with van der Waals surface area (Å²) in [5.74, 6) is -0.331. The lowest BCUT2D eigenvalue weighted by atomic mass is 9.97. The summed E-state index contributed by atoms with van der Waals surface area (Å²) in [6, 6.07) is 1.71. The van der Waals surface area contributed by atoms with Gasteiger partial charge in [0.25, 0.3) is 0 Å². The van der Waals surface area contributed by atoms with E-state index in [0.29, 0.717) is 13.1 Å². The van der Waals surface area contributed by atoms with Crippen LogP contribution in [0.5, 0.6) is 0 Å². The van der Waals surface area contributed by atoms with Crippen LogP contribution in [0.2, 0.25) is 0 Å². The van der Waals surface area contributed by atoms with E-state index in [9.17, 15) is 18.0 Å². The first-order valence-electron chi connectivity index (χ1n) is 6.41. The summed E-state index contributed by atoms with van der Waals surface area (Å²) in [5.41, 5.74) is 3.64. The summed E-state index contributed by atoms with van der Waals surface area (Å²) in [4.78, 5) is 19.3. The van der Waals surface area contributed by atoms with Crippen LogP contribution in [-0.4, -0.2) is 41.5 Å². The number of halogens is 3. The van der Waals surface area contributed by atoms with Gasteiger partial charge in [-0.25, -0.2) is 4.98 Å². The molecule has 1 amide bonds. The average molecular weight is 302 g/mol. The molecule has 1 aliphatic heterocycles. The quantitative estimate of drug-likeness (QED) is 0.858. The lowest BCUT2D eigenvalue weighted by molar-refractivity contribution is -0.137. The van der Waals surface area contributed by atoms with Gasteiger partial charge in [0.15, 0.2) is 0 Å². The maximum Gasteiger partial charge on any atom is 0.416 e. The number of hydrogen-bond acceptors (Lipinski definition) is 4. The Kier molecular flexibility index (Phi) is 3.51. The third-order valence-corrected chi connectivity index (χ3v) is 3.64. The Hall–Kier alpha value is -1.99. The molecular weight excluding hydrogens is 285 g/mol. The fourth-order valence-electron chi connectivity index (χ4n) is 2.45. The molecule has 0 atom stereocenters. The normalized spacial score (nSPS) is 19.0. The minimum atomic E-state index is -4.51. The summed E-state index contributed by atoms with van der Waals surface area (Å²) < 4.78 is 38.6. The Morgan fingerprint density at radius 1 is 1.29 bits per heavy atom. The number of nitrogens with two attached hydrogens (primary N) is 1. The molecule has 1 aromatic rings. The van der Waals surface area contributed by atoms with Gasteiger partial charge in [0.1, 0.15) is 17.2 Å². The molecule has 0 radical (unpaired) electrons. The second kappa shape index (κ2) is 4.78. The molecule has 1 fully saturated rings. The second-order valence-corrected chi connectivity index (χ2v) is 5.57. The molecule has 8 heteroatoms. The lowest BCUT2D eigenvalue weighted by Crippen LogP contribution is -2.62. The standard InChI is InChI=1S/C13H17F3N4O/c1-12(2)11(21)19(3)4-5-20(12)10-7-8(13(14,15)16)6-9(17)18-10/h6-7H,4-5H2,1-3H3,(H2,17,18). The van der Waals surface area contributed by atoms with Gasteiger partial charge in [-0.2, -0.15) is 13.2 Å². The van der Waals surface area contributed by atoms with Crippen molar-refractivity contribution in [2.24, 2.45) is 0 Å². The van der Waals surface area contributed by atoms with Gasteiger partial charge in [-0.05, 0) is 26.0 Å². The lowest BCUT2D eigenvalue weighted by Gasteiger charge is -2.45. The first-order chi connectivity index (χ1) is 9.53. The van der Waals surface area contributed by atoms with E-state index in [1.807, 2.05) is 0 Å². The maximum absolute atomic E-state index is 12.9. The van der Waals surface area contributed by atoms with Crippen LogP contribution in [0.4, 0.5) is 24.8 Å². The highest BCUT2D eigenvalue weighted by Crippen LogP contribution is 2.34. The highest BCUT2D eigenvalue weighted by molar-refractivity contribution is 5.90. The number of carbonyl (C=O) groups is 1. The van der Waals surface area contributed by atoms with Gasteiger partial charge in [0, 0.05) is 20.1 Å². The van der Waals surface area contributed by atoms with Gasteiger partial charge in [-0.15, -0.1) is 0 Å². The molecule has 2 N–H and O–H groups in total. The third-order valence-electron chi connectivity index (χ3n) is 3.64. The number of likely N-dealkylation sites (N-methyl/N-ethyl adjacent to an activating group) is 1. The molecule has 2 heterocycles. The Morgan fingerprint density at radius 2 is 1.90 bits per heavy atom. The predicted molar refractivity (Wildman–Crippen MR) is 72.7 cm³/mol. The average Bonchev–Trinajstić information content (AvgIpc) is 2.34. The smallest absolute Gasteiger partial charge is 0.384 e. The molecule has 0 spiro atoms. The van der Waals surface area contributed by atoms with Crippen LogP contribution in [0.25, 0.3) is 0 Å². The monoisotopic (exact) mass is 302 g/mol. The zero-order chi connectivity index (χ0) is 16.0. The van der Waals surface area contributed by atoms with Crippen molar-refractivity contribution in [1.29, 1.82) is 0 Å². The third kappa shape index (κ3) is 2.74. The zero-order valence-electron chi connectivity index (χ0n) is 12.0. The SMILES string of the molecule is CN1CCN(c2cc(C(F)(F)F)cc(N)n2)C(C)(C)C1=O. The molecule has 1 aromatic heterocycles. The molecule has 0 aliphatic carbocycles. The van der Waals surface area contributed by atoms with E-state index in [-0.39, 0.29) is 17.5 Å². The van der Waals surface area contributed by atoms with Crippen LogP contribution in [0.1, 0.15) is 19.4 Å². The van der Waals surface area contributed by atoms with Crippen molar-refractivity contribution in [3.05, 3.63) is 17.7 Å². The number of carbonyl (C=O) groups excluding carboxylic acids is 1. The summed E-state index contributed by atoms with van der Waals surface area (Å²) in [5, 5.41) is 0. The van der Waals surface area contributed by atoms with E-state index < -0.39 is 17.3 Å². The van der Waals surface area contributed by atoms with Crippen molar-refractivity contribution < 1.29 is 18.0 Å². The number of aromatic nitrogens is 1. The van der Waals surface area contributed by atoms with Gasteiger partial charge in [0.2, 0.25) is 5.91 Å². The van der Waals surface area contributed by atoms with Gasteiger partial charge in [0.05, 0.1) is 5.56 Å². The molecule has 2 rings (SSSR count). The van der Waals surface area contributed by atoms with E-state index in [0.717, 1.165) is 12.1 Å². The first kappa shape index (κ1) is 15.4. The van der Waals surface area contributed by atoms with E-state index in [1.54, 1.807) is 30.7 Å². The van der Waals surface area contributed by atoms with E-state index in [4.69, 9.17) is 5.73 Å². The summed E-state index contributed by atoms with van der Waals surface area (Å²) in [6.07, 6.45) is -4.51.